The molecule has 1 atom stereocenters. The van der Waals surface area contributed by atoms with Crippen molar-refractivity contribution in [3.05, 3.63) is 0 Å². The van der Waals surface area contributed by atoms with E-state index in [1.54, 1.807) is 0 Å². The third-order valence-corrected chi connectivity index (χ3v) is 2.18. The van der Waals surface area contributed by atoms with Crippen molar-refractivity contribution in [1.82, 2.24) is 0 Å². The zero-order valence-electron chi connectivity index (χ0n) is 12.5. The molecule has 0 amide bonds. The monoisotopic (exact) mass is 260 g/mol. The second-order valence-electron chi connectivity index (χ2n) is 5.44. The molecular weight excluding hydrogens is 232 g/mol. The maximum absolute atomic E-state index is 11.3. The molecule has 0 spiro atoms. The maximum atomic E-state index is 11.3. The highest BCUT2D eigenvalue weighted by Gasteiger charge is 2.11. The first kappa shape index (κ1) is 17.4. The lowest BCUT2D eigenvalue weighted by Crippen LogP contribution is -2.24. The van der Waals surface area contributed by atoms with Crippen LogP contribution in [-0.2, 0) is 19.0 Å². The Labute approximate surface area is 111 Å². The summed E-state index contributed by atoms with van der Waals surface area (Å²) in [5.41, 5.74) is -0.137. The van der Waals surface area contributed by atoms with Crippen LogP contribution in [0.2, 0.25) is 0 Å². The first-order chi connectivity index (χ1) is 8.35. The molecule has 0 radical (unpaired) electrons. The normalized spacial score (nSPS) is 13.4. The Hall–Kier alpha value is -0.610. The molecule has 0 heterocycles. The number of carbonyl (C=O) groups excluding carboxylic acids is 1. The van der Waals surface area contributed by atoms with E-state index in [0.717, 1.165) is 12.8 Å². The molecule has 0 N–H and O–H groups in total. The van der Waals surface area contributed by atoms with Crippen molar-refractivity contribution in [1.29, 1.82) is 0 Å². The van der Waals surface area contributed by atoms with Gasteiger partial charge in [-0.2, -0.15) is 0 Å². The summed E-state index contributed by atoms with van der Waals surface area (Å²) >= 11 is 0. The van der Waals surface area contributed by atoms with Gasteiger partial charge in [-0.15, -0.1) is 0 Å². The summed E-state index contributed by atoms with van der Waals surface area (Å²) in [5.74, 6) is -0.140. The summed E-state index contributed by atoms with van der Waals surface area (Å²) in [5, 5.41) is 0. The van der Waals surface area contributed by atoms with Gasteiger partial charge >= 0.3 is 5.97 Å². The molecule has 0 aromatic carbocycles. The minimum absolute atomic E-state index is 0.137. The largest absolute Gasteiger partial charge is 0.460 e. The highest BCUT2D eigenvalue weighted by molar-refractivity contribution is 5.69. The number of rotatable bonds is 9. The van der Waals surface area contributed by atoms with Crippen LogP contribution in [0.1, 0.15) is 53.9 Å². The highest BCUT2D eigenvalue weighted by atomic mass is 16.6. The molecule has 18 heavy (non-hydrogen) atoms. The van der Waals surface area contributed by atoms with E-state index in [2.05, 4.69) is 6.92 Å². The maximum Gasteiger partial charge on any atom is 0.306 e. The van der Waals surface area contributed by atoms with Gasteiger partial charge < -0.3 is 14.2 Å². The summed E-state index contributed by atoms with van der Waals surface area (Å²) in [6, 6.07) is 0. The van der Waals surface area contributed by atoms with Gasteiger partial charge in [0, 0.05) is 6.42 Å². The average molecular weight is 260 g/mol. The molecule has 0 fully saturated rings. The van der Waals surface area contributed by atoms with Crippen LogP contribution >= 0.6 is 0 Å². The van der Waals surface area contributed by atoms with E-state index in [1.807, 2.05) is 27.7 Å². The van der Waals surface area contributed by atoms with Crippen molar-refractivity contribution in [2.24, 2.45) is 0 Å². The predicted molar refractivity (Wildman–Crippen MR) is 71.6 cm³/mol. The number of esters is 1. The topological polar surface area (TPSA) is 44.8 Å². The summed E-state index contributed by atoms with van der Waals surface area (Å²) in [7, 11) is 0. The minimum Gasteiger partial charge on any atom is -0.460 e. The zero-order valence-corrected chi connectivity index (χ0v) is 12.5. The lowest BCUT2D eigenvalue weighted by Gasteiger charge is -2.20. The van der Waals surface area contributed by atoms with E-state index >= 15 is 0 Å². The van der Waals surface area contributed by atoms with Crippen LogP contribution in [0.25, 0.3) is 0 Å². The van der Waals surface area contributed by atoms with Gasteiger partial charge in [-0.05, 0) is 34.1 Å². The van der Waals surface area contributed by atoms with E-state index in [-0.39, 0.29) is 17.7 Å². The Morgan fingerprint density at radius 2 is 1.89 bits per heavy atom. The molecule has 0 saturated heterocycles. The molecule has 0 rings (SSSR count). The van der Waals surface area contributed by atoms with Crippen LogP contribution in [0.15, 0.2) is 0 Å². The SMILES string of the molecule is CCCCC(=O)OC(C)COCCOC(C)(C)C. The van der Waals surface area contributed by atoms with E-state index in [0.29, 0.717) is 26.2 Å². The van der Waals surface area contributed by atoms with Gasteiger partial charge in [0.2, 0.25) is 0 Å². The number of carbonyl (C=O) groups is 1. The van der Waals surface area contributed by atoms with Crippen molar-refractivity contribution in [2.45, 2.75) is 65.6 Å². The first-order valence-corrected chi connectivity index (χ1v) is 6.76. The lowest BCUT2D eigenvalue weighted by atomic mass is 10.2. The van der Waals surface area contributed by atoms with Crippen LogP contribution < -0.4 is 0 Å². The van der Waals surface area contributed by atoms with E-state index in [9.17, 15) is 4.79 Å². The third kappa shape index (κ3) is 11.9. The molecule has 1 unspecified atom stereocenters. The van der Waals surface area contributed by atoms with Gasteiger partial charge in [-0.25, -0.2) is 0 Å². The third-order valence-electron chi connectivity index (χ3n) is 2.18. The molecule has 0 aliphatic rings. The van der Waals surface area contributed by atoms with Crippen LogP contribution in [-0.4, -0.2) is 37.5 Å². The first-order valence-electron chi connectivity index (χ1n) is 6.76. The zero-order chi connectivity index (χ0) is 14.0. The Kier molecular flexibility index (Phi) is 9.02. The average Bonchev–Trinajstić information content (AvgIpc) is 2.24. The molecule has 0 aliphatic carbocycles. The fourth-order valence-electron chi connectivity index (χ4n) is 1.29. The number of hydrogen-bond donors (Lipinski definition) is 0. The van der Waals surface area contributed by atoms with Crippen molar-refractivity contribution in [3.63, 3.8) is 0 Å². The van der Waals surface area contributed by atoms with Gasteiger partial charge in [0.05, 0.1) is 25.4 Å². The van der Waals surface area contributed by atoms with Gasteiger partial charge in [-0.3, -0.25) is 4.79 Å². The van der Waals surface area contributed by atoms with E-state index in [4.69, 9.17) is 14.2 Å². The van der Waals surface area contributed by atoms with Gasteiger partial charge in [0.15, 0.2) is 0 Å². The second-order valence-corrected chi connectivity index (χ2v) is 5.44. The quantitative estimate of drug-likeness (QED) is 0.472. The fraction of sp³-hybridized carbons (Fsp3) is 0.929. The summed E-state index contributed by atoms with van der Waals surface area (Å²) in [6.07, 6.45) is 2.19. The smallest absolute Gasteiger partial charge is 0.306 e. The Bertz CT molecular complexity index is 220. The van der Waals surface area contributed by atoms with Gasteiger partial charge in [-0.1, -0.05) is 13.3 Å². The van der Waals surface area contributed by atoms with Gasteiger partial charge in [0.25, 0.3) is 0 Å². The molecule has 4 nitrogen and oxygen atoms in total. The molecule has 0 saturated carbocycles. The standard InChI is InChI=1S/C14H28O4/c1-6-7-8-13(15)18-12(2)11-16-9-10-17-14(3,4)5/h12H,6-11H2,1-5H3. The van der Waals surface area contributed by atoms with Crippen LogP contribution in [0.3, 0.4) is 0 Å². The van der Waals surface area contributed by atoms with Crippen LogP contribution in [0.4, 0.5) is 0 Å². The molecule has 4 heteroatoms. The number of hydrogen-bond acceptors (Lipinski definition) is 4. The Balaban J connectivity index is 3.47. The molecule has 0 aliphatic heterocycles. The number of unbranched alkanes of at least 4 members (excludes halogenated alkanes) is 1. The van der Waals surface area contributed by atoms with E-state index < -0.39 is 0 Å². The Morgan fingerprint density at radius 1 is 1.22 bits per heavy atom. The molecule has 108 valence electrons. The molecular formula is C14H28O4. The number of ether oxygens (including phenoxy) is 3. The summed E-state index contributed by atoms with van der Waals surface area (Å²) in [4.78, 5) is 11.3. The summed E-state index contributed by atoms with van der Waals surface area (Å²) in [6.45, 7) is 11.4. The van der Waals surface area contributed by atoms with Crippen molar-refractivity contribution < 1.29 is 19.0 Å². The van der Waals surface area contributed by atoms with Crippen molar-refractivity contribution >= 4 is 5.97 Å². The lowest BCUT2D eigenvalue weighted by molar-refractivity contribution is -0.151. The van der Waals surface area contributed by atoms with Crippen LogP contribution in [0, 0.1) is 0 Å². The van der Waals surface area contributed by atoms with Crippen molar-refractivity contribution in [2.75, 3.05) is 19.8 Å². The predicted octanol–water partition coefficient (Wildman–Crippen LogP) is 2.94. The highest BCUT2D eigenvalue weighted by Crippen LogP contribution is 2.06. The fourth-order valence-corrected chi connectivity index (χ4v) is 1.29. The van der Waals surface area contributed by atoms with Crippen molar-refractivity contribution in [3.8, 4) is 0 Å². The molecule has 0 aromatic rings. The summed E-state index contributed by atoms with van der Waals surface area (Å²) < 4.78 is 16.1. The second kappa shape index (κ2) is 9.34. The Morgan fingerprint density at radius 3 is 2.44 bits per heavy atom. The van der Waals surface area contributed by atoms with Gasteiger partial charge in [0.1, 0.15) is 6.10 Å². The molecule has 0 bridgehead atoms. The van der Waals surface area contributed by atoms with E-state index in [1.165, 1.54) is 0 Å². The molecule has 0 aromatic heterocycles. The minimum atomic E-state index is -0.191. The van der Waals surface area contributed by atoms with Crippen LogP contribution in [0.5, 0.6) is 0 Å².